The second-order valence-electron chi connectivity index (χ2n) is 3.49. The largest absolute Gasteiger partial charge is 0.493 e. The van der Waals surface area contributed by atoms with Crippen molar-refractivity contribution in [3.8, 4) is 5.75 Å². The Morgan fingerprint density at radius 3 is 2.79 bits per heavy atom. The van der Waals surface area contributed by atoms with Crippen molar-refractivity contribution >= 4 is 11.6 Å². The highest BCUT2D eigenvalue weighted by atomic mass is 35.5. The van der Waals surface area contributed by atoms with E-state index < -0.39 is 0 Å². The molecule has 3 nitrogen and oxygen atoms in total. The normalized spacial score (nSPS) is 10.9. The summed E-state index contributed by atoms with van der Waals surface area (Å²) in [5.74, 6) is 1.54. The Morgan fingerprint density at radius 2 is 2.29 bits per heavy atom. The van der Waals surface area contributed by atoms with Gasteiger partial charge < -0.3 is 4.74 Å². The van der Waals surface area contributed by atoms with Crippen LogP contribution in [0.2, 0.25) is 0 Å². The van der Waals surface area contributed by atoms with Gasteiger partial charge in [-0.3, -0.25) is 4.68 Å². The molecule has 80 valence electrons. The van der Waals surface area contributed by atoms with Crippen LogP contribution in [-0.4, -0.2) is 22.8 Å². The maximum atomic E-state index is 5.68. The molecule has 0 bridgehead atoms. The summed E-state index contributed by atoms with van der Waals surface area (Å²) in [5.41, 5.74) is 1.14. The number of halogens is 1. The predicted molar refractivity (Wildman–Crippen MR) is 58.2 cm³/mol. The van der Waals surface area contributed by atoms with Gasteiger partial charge in [0.05, 0.1) is 19.0 Å². The fraction of sp³-hybridized carbons (Fsp3) is 0.700. The van der Waals surface area contributed by atoms with Gasteiger partial charge >= 0.3 is 0 Å². The van der Waals surface area contributed by atoms with Crippen LogP contribution in [0.1, 0.15) is 32.0 Å². The number of hydrogen-bond acceptors (Lipinski definition) is 2. The minimum absolute atomic E-state index is 0.365. The zero-order valence-electron chi connectivity index (χ0n) is 8.96. The maximum absolute atomic E-state index is 5.68. The van der Waals surface area contributed by atoms with E-state index in [0.717, 1.165) is 24.3 Å². The molecule has 1 rings (SSSR count). The van der Waals surface area contributed by atoms with Crippen LogP contribution in [0.5, 0.6) is 5.75 Å². The summed E-state index contributed by atoms with van der Waals surface area (Å²) >= 11 is 5.68. The Bertz CT molecular complexity index is 284. The molecule has 0 aliphatic rings. The zero-order chi connectivity index (χ0) is 10.6. The number of methoxy groups -OCH3 is 1. The van der Waals surface area contributed by atoms with Gasteiger partial charge in [0, 0.05) is 11.9 Å². The van der Waals surface area contributed by atoms with Crippen molar-refractivity contribution in [2.45, 2.75) is 32.7 Å². The van der Waals surface area contributed by atoms with Gasteiger partial charge in [-0.15, -0.1) is 11.6 Å². The van der Waals surface area contributed by atoms with Crippen LogP contribution in [0, 0.1) is 0 Å². The molecule has 0 saturated carbocycles. The lowest BCUT2D eigenvalue weighted by molar-refractivity contribution is 0.404. The first-order valence-electron chi connectivity index (χ1n) is 4.87. The summed E-state index contributed by atoms with van der Waals surface area (Å²) in [4.78, 5) is 0. The zero-order valence-corrected chi connectivity index (χ0v) is 9.71. The number of aromatic nitrogens is 2. The van der Waals surface area contributed by atoms with E-state index in [0.29, 0.717) is 11.9 Å². The highest BCUT2D eigenvalue weighted by Crippen LogP contribution is 2.22. The molecule has 0 N–H and O–H groups in total. The molecule has 0 amide bonds. The Balaban J connectivity index is 2.88. The Hall–Kier alpha value is -0.700. The molecule has 0 unspecified atom stereocenters. The molecule has 0 saturated heterocycles. The highest BCUT2D eigenvalue weighted by Gasteiger charge is 2.12. The first-order chi connectivity index (χ1) is 6.70. The fourth-order valence-corrected chi connectivity index (χ4v) is 1.59. The van der Waals surface area contributed by atoms with E-state index in [1.54, 1.807) is 13.3 Å². The Morgan fingerprint density at radius 1 is 1.57 bits per heavy atom. The van der Waals surface area contributed by atoms with Gasteiger partial charge in [-0.1, -0.05) is 0 Å². The van der Waals surface area contributed by atoms with Crippen LogP contribution in [0.3, 0.4) is 0 Å². The fourth-order valence-electron chi connectivity index (χ4n) is 1.46. The van der Waals surface area contributed by atoms with Crippen LogP contribution in [-0.2, 0) is 6.42 Å². The lowest BCUT2D eigenvalue weighted by Gasteiger charge is -2.11. The van der Waals surface area contributed by atoms with Gasteiger partial charge in [-0.05, 0) is 26.7 Å². The molecule has 0 aliphatic carbocycles. The van der Waals surface area contributed by atoms with Crippen molar-refractivity contribution in [3.05, 3.63) is 11.9 Å². The Kier molecular flexibility index (Phi) is 4.26. The molecule has 1 heterocycles. The molecule has 1 aromatic rings. The van der Waals surface area contributed by atoms with Crippen molar-refractivity contribution < 1.29 is 4.74 Å². The first kappa shape index (κ1) is 11.4. The van der Waals surface area contributed by atoms with Crippen molar-refractivity contribution in [1.82, 2.24) is 9.78 Å². The van der Waals surface area contributed by atoms with Gasteiger partial charge in [0.15, 0.2) is 5.75 Å². The standard InChI is InChI=1S/C10H17ClN2O/c1-8(2)13-9(5-4-6-11)10(14-3)7-12-13/h7-8H,4-6H2,1-3H3. The van der Waals surface area contributed by atoms with Gasteiger partial charge in [0.2, 0.25) is 0 Å². The minimum atomic E-state index is 0.365. The number of nitrogens with zero attached hydrogens (tertiary/aromatic N) is 2. The lowest BCUT2D eigenvalue weighted by Crippen LogP contribution is -2.08. The first-order valence-corrected chi connectivity index (χ1v) is 5.40. The van der Waals surface area contributed by atoms with E-state index >= 15 is 0 Å². The molecule has 0 aliphatic heterocycles. The molecule has 0 radical (unpaired) electrons. The molecular weight excluding hydrogens is 200 g/mol. The summed E-state index contributed by atoms with van der Waals surface area (Å²) in [5, 5.41) is 4.29. The minimum Gasteiger partial charge on any atom is -0.493 e. The monoisotopic (exact) mass is 216 g/mol. The van der Waals surface area contributed by atoms with Crippen LogP contribution in [0.4, 0.5) is 0 Å². The van der Waals surface area contributed by atoms with Gasteiger partial charge in [-0.2, -0.15) is 5.10 Å². The second kappa shape index (κ2) is 5.25. The smallest absolute Gasteiger partial charge is 0.159 e. The molecule has 0 fully saturated rings. The number of ether oxygens (including phenoxy) is 1. The average Bonchev–Trinajstić information content (AvgIpc) is 2.57. The van der Waals surface area contributed by atoms with Gasteiger partial charge in [-0.25, -0.2) is 0 Å². The van der Waals surface area contributed by atoms with Crippen molar-refractivity contribution in [1.29, 1.82) is 0 Å². The molecule has 0 aromatic carbocycles. The van der Waals surface area contributed by atoms with E-state index in [4.69, 9.17) is 16.3 Å². The molecule has 0 spiro atoms. The van der Waals surface area contributed by atoms with Crippen molar-refractivity contribution in [2.24, 2.45) is 0 Å². The summed E-state index contributed by atoms with van der Waals surface area (Å²) in [6.45, 7) is 4.22. The summed E-state index contributed by atoms with van der Waals surface area (Å²) in [6.07, 6.45) is 3.64. The average molecular weight is 217 g/mol. The third-order valence-electron chi connectivity index (χ3n) is 2.12. The van der Waals surface area contributed by atoms with Crippen LogP contribution >= 0.6 is 11.6 Å². The summed E-state index contributed by atoms with van der Waals surface area (Å²) in [7, 11) is 1.67. The Labute approximate surface area is 90.0 Å². The van der Waals surface area contributed by atoms with Crippen LogP contribution in [0.25, 0.3) is 0 Å². The van der Waals surface area contributed by atoms with E-state index in [1.807, 2.05) is 4.68 Å². The molecule has 1 aromatic heterocycles. The van der Waals surface area contributed by atoms with Crippen LogP contribution in [0.15, 0.2) is 6.20 Å². The third-order valence-corrected chi connectivity index (χ3v) is 2.38. The van der Waals surface area contributed by atoms with E-state index in [2.05, 4.69) is 18.9 Å². The quantitative estimate of drug-likeness (QED) is 0.708. The molecule has 0 atom stereocenters. The number of alkyl halides is 1. The summed E-state index contributed by atoms with van der Waals surface area (Å²) in [6, 6.07) is 0.365. The molecule has 14 heavy (non-hydrogen) atoms. The predicted octanol–water partition coefficient (Wildman–Crippen LogP) is 2.64. The van der Waals surface area contributed by atoms with E-state index in [-0.39, 0.29) is 0 Å². The molecule has 4 heteroatoms. The van der Waals surface area contributed by atoms with Gasteiger partial charge in [0.1, 0.15) is 0 Å². The van der Waals surface area contributed by atoms with E-state index in [1.165, 1.54) is 0 Å². The van der Waals surface area contributed by atoms with Crippen LogP contribution < -0.4 is 4.74 Å². The van der Waals surface area contributed by atoms with E-state index in [9.17, 15) is 0 Å². The topological polar surface area (TPSA) is 27.1 Å². The van der Waals surface area contributed by atoms with Crippen molar-refractivity contribution in [3.63, 3.8) is 0 Å². The maximum Gasteiger partial charge on any atom is 0.159 e. The summed E-state index contributed by atoms with van der Waals surface area (Å²) < 4.78 is 7.24. The van der Waals surface area contributed by atoms with Gasteiger partial charge in [0.25, 0.3) is 0 Å². The number of hydrogen-bond donors (Lipinski definition) is 0. The molecular formula is C10H17ClN2O. The lowest BCUT2D eigenvalue weighted by atomic mass is 10.2. The third kappa shape index (κ3) is 2.41. The number of rotatable bonds is 5. The second-order valence-corrected chi connectivity index (χ2v) is 3.87. The van der Waals surface area contributed by atoms with Crippen molar-refractivity contribution in [2.75, 3.05) is 13.0 Å². The SMILES string of the molecule is COc1cnn(C(C)C)c1CCCCl. The highest BCUT2D eigenvalue weighted by molar-refractivity contribution is 6.17.